The topological polar surface area (TPSA) is 20.2 Å². The maximum Gasteiger partial charge on any atom is 0.0648 e. The molecule has 0 saturated heterocycles. The molecule has 0 heterocycles. The Balaban J connectivity index is 1.55. The van der Waals surface area contributed by atoms with Crippen molar-refractivity contribution in [2.24, 2.45) is 35.0 Å². The number of hydrogen-bond acceptors (Lipinski definition) is 1. The molecule has 7 atom stereocenters. The van der Waals surface area contributed by atoms with Crippen LogP contribution in [0.1, 0.15) is 85.0 Å². The second kappa shape index (κ2) is 5.61. The van der Waals surface area contributed by atoms with Gasteiger partial charge in [0.2, 0.25) is 0 Å². The van der Waals surface area contributed by atoms with Crippen LogP contribution in [0.15, 0.2) is 11.6 Å². The SMILES string of the molecule is C/C=C1\CC[C@H]2[C@@H]3CC[C@@H]4CC(O)(CC)CC[C@@H]4[C@H]3CC[C@]12C. The summed E-state index contributed by atoms with van der Waals surface area (Å²) in [5.41, 5.74) is 1.97. The summed E-state index contributed by atoms with van der Waals surface area (Å²) < 4.78 is 0. The van der Waals surface area contributed by atoms with E-state index in [9.17, 15) is 5.11 Å². The van der Waals surface area contributed by atoms with E-state index in [4.69, 9.17) is 0 Å². The second-order valence-electron chi connectivity index (χ2n) is 9.56. The summed E-state index contributed by atoms with van der Waals surface area (Å²) in [7, 11) is 0. The molecular formula is C22H36O. The fourth-order valence-electron chi connectivity index (χ4n) is 7.61. The normalized spacial score (nSPS) is 54.4. The van der Waals surface area contributed by atoms with Crippen LogP contribution < -0.4 is 0 Å². The van der Waals surface area contributed by atoms with Gasteiger partial charge < -0.3 is 5.11 Å². The molecule has 4 saturated carbocycles. The molecule has 1 heteroatoms. The Morgan fingerprint density at radius 2 is 1.83 bits per heavy atom. The molecule has 4 aliphatic rings. The quantitative estimate of drug-likeness (QED) is 0.613. The molecule has 1 nitrogen and oxygen atoms in total. The number of fused-ring (bicyclic) bond motifs is 5. The van der Waals surface area contributed by atoms with Gasteiger partial charge >= 0.3 is 0 Å². The maximum absolute atomic E-state index is 10.8. The molecule has 0 aliphatic heterocycles. The van der Waals surface area contributed by atoms with Crippen molar-refractivity contribution in [1.29, 1.82) is 0 Å². The van der Waals surface area contributed by atoms with Crippen LogP contribution in [-0.2, 0) is 0 Å². The standard InChI is InChI=1S/C22H36O/c1-4-16-7-9-20-19-8-6-15-14-22(23,5-2)13-11-17(15)18(19)10-12-21(16,20)3/h4,15,17-20,23H,5-14H2,1-3H3/b16-4+/t15-,17+,18-,19-,20+,21-,22?/m1/s1. The monoisotopic (exact) mass is 316 g/mol. The minimum atomic E-state index is -0.331. The highest BCUT2D eigenvalue weighted by molar-refractivity contribution is 5.23. The summed E-state index contributed by atoms with van der Waals surface area (Å²) in [6, 6.07) is 0. The summed E-state index contributed by atoms with van der Waals surface area (Å²) in [5, 5.41) is 10.8. The van der Waals surface area contributed by atoms with Gasteiger partial charge in [0.15, 0.2) is 0 Å². The first-order valence-electron chi connectivity index (χ1n) is 10.4. The first-order valence-corrected chi connectivity index (χ1v) is 10.4. The Hall–Kier alpha value is -0.300. The molecule has 0 bridgehead atoms. The lowest BCUT2D eigenvalue weighted by Gasteiger charge is -2.56. The van der Waals surface area contributed by atoms with Crippen molar-refractivity contribution in [2.45, 2.75) is 90.6 Å². The zero-order valence-electron chi connectivity index (χ0n) is 15.5. The van der Waals surface area contributed by atoms with Gasteiger partial charge in [-0.05, 0) is 106 Å². The molecule has 0 spiro atoms. The van der Waals surface area contributed by atoms with Gasteiger partial charge in [-0.2, -0.15) is 0 Å². The molecule has 0 amide bonds. The number of rotatable bonds is 1. The molecule has 130 valence electrons. The van der Waals surface area contributed by atoms with Crippen LogP contribution in [0.3, 0.4) is 0 Å². The Bertz CT molecular complexity index is 494. The fraction of sp³-hybridized carbons (Fsp3) is 0.909. The first kappa shape index (κ1) is 16.2. The molecule has 1 unspecified atom stereocenters. The Labute approximate surface area is 142 Å². The zero-order valence-corrected chi connectivity index (χ0v) is 15.5. The molecule has 0 radical (unpaired) electrons. The lowest BCUT2D eigenvalue weighted by molar-refractivity contribution is -0.0980. The Morgan fingerprint density at radius 1 is 1.04 bits per heavy atom. The van der Waals surface area contributed by atoms with Gasteiger partial charge in [-0.25, -0.2) is 0 Å². The highest BCUT2D eigenvalue weighted by Crippen LogP contribution is 2.64. The minimum absolute atomic E-state index is 0.331. The van der Waals surface area contributed by atoms with Crippen LogP contribution >= 0.6 is 0 Å². The third-order valence-electron chi connectivity index (χ3n) is 8.96. The van der Waals surface area contributed by atoms with Gasteiger partial charge in [0, 0.05) is 0 Å². The summed E-state index contributed by atoms with van der Waals surface area (Å²) in [4.78, 5) is 0. The van der Waals surface area contributed by atoms with E-state index in [1.165, 1.54) is 44.9 Å². The van der Waals surface area contributed by atoms with Gasteiger partial charge in [0.05, 0.1) is 5.60 Å². The van der Waals surface area contributed by atoms with E-state index in [-0.39, 0.29) is 5.60 Å². The smallest absolute Gasteiger partial charge is 0.0648 e. The van der Waals surface area contributed by atoms with Gasteiger partial charge in [0.25, 0.3) is 0 Å². The number of aliphatic hydroxyl groups is 1. The van der Waals surface area contributed by atoms with E-state index in [0.29, 0.717) is 5.41 Å². The minimum Gasteiger partial charge on any atom is -0.390 e. The molecule has 4 aliphatic carbocycles. The molecule has 4 fully saturated rings. The second-order valence-corrected chi connectivity index (χ2v) is 9.56. The van der Waals surface area contributed by atoms with Gasteiger partial charge in [-0.3, -0.25) is 0 Å². The summed E-state index contributed by atoms with van der Waals surface area (Å²) in [6.07, 6.45) is 15.4. The van der Waals surface area contributed by atoms with Crippen LogP contribution in [0.25, 0.3) is 0 Å². The van der Waals surface area contributed by atoms with E-state index in [1.807, 2.05) is 0 Å². The molecule has 1 N–H and O–H groups in total. The van der Waals surface area contributed by atoms with Crippen molar-refractivity contribution in [3.63, 3.8) is 0 Å². The van der Waals surface area contributed by atoms with Gasteiger partial charge in [-0.1, -0.05) is 25.5 Å². The Morgan fingerprint density at radius 3 is 2.57 bits per heavy atom. The van der Waals surface area contributed by atoms with Crippen LogP contribution in [0.2, 0.25) is 0 Å². The summed E-state index contributed by atoms with van der Waals surface area (Å²) in [6.45, 7) is 7.02. The van der Waals surface area contributed by atoms with Crippen molar-refractivity contribution >= 4 is 0 Å². The van der Waals surface area contributed by atoms with Crippen LogP contribution in [0.4, 0.5) is 0 Å². The van der Waals surface area contributed by atoms with Gasteiger partial charge in [-0.15, -0.1) is 0 Å². The van der Waals surface area contributed by atoms with Crippen molar-refractivity contribution in [2.75, 3.05) is 0 Å². The molecule has 0 aromatic rings. The summed E-state index contributed by atoms with van der Waals surface area (Å²) >= 11 is 0. The average Bonchev–Trinajstić information content (AvgIpc) is 2.90. The molecule has 0 aromatic carbocycles. The third-order valence-corrected chi connectivity index (χ3v) is 8.96. The predicted molar refractivity (Wildman–Crippen MR) is 96.1 cm³/mol. The third kappa shape index (κ3) is 2.36. The highest BCUT2D eigenvalue weighted by Gasteiger charge is 2.55. The van der Waals surface area contributed by atoms with Crippen molar-refractivity contribution in [1.82, 2.24) is 0 Å². The van der Waals surface area contributed by atoms with E-state index < -0.39 is 0 Å². The average molecular weight is 317 g/mol. The number of hydrogen-bond donors (Lipinski definition) is 1. The van der Waals surface area contributed by atoms with E-state index in [1.54, 1.807) is 5.57 Å². The van der Waals surface area contributed by atoms with Crippen molar-refractivity contribution < 1.29 is 5.11 Å². The van der Waals surface area contributed by atoms with Crippen LogP contribution in [0.5, 0.6) is 0 Å². The first-order chi connectivity index (χ1) is 11.0. The van der Waals surface area contributed by atoms with Gasteiger partial charge in [0.1, 0.15) is 0 Å². The molecule has 4 rings (SSSR count). The lowest BCUT2D eigenvalue weighted by atomic mass is 9.49. The van der Waals surface area contributed by atoms with Crippen molar-refractivity contribution in [3.05, 3.63) is 11.6 Å². The summed E-state index contributed by atoms with van der Waals surface area (Å²) in [5.74, 6) is 4.67. The maximum atomic E-state index is 10.8. The molecule has 23 heavy (non-hydrogen) atoms. The lowest BCUT2D eigenvalue weighted by Crippen LogP contribution is -2.50. The van der Waals surface area contributed by atoms with E-state index >= 15 is 0 Å². The van der Waals surface area contributed by atoms with Crippen LogP contribution in [-0.4, -0.2) is 10.7 Å². The van der Waals surface area contributed by atoms with Crippen molar-refractivity contribution in [3.8, 4) is 0 Å². The van der Waals surface area contributed by atoms with E-state index in [2.05, 4.69) is 26.8 Å². The van der Waals surface area contributed by atoms with Crippen LogP contribution in [0, 0.1) is 35.0 Å². The zero-order chi connectivity index (χ0) is 16.2. The number of allylic oxidation sites excluding steroid dienone is 2. The molecule has 0 aromatic heterocycles. The predicted octanol–water partition coefficient (Wildman–Crippen LogP) is 5.73. The molecular weight excluding hydrogens is 280 g/mol. The largest absolute Gasteiger partial charge is 0.390 e. The fourth-order valence-corrected chi connectivity index (χ4v) is 7.61. The van der Waals surface area contributed by atoms with E-state index in [0.717, 1.165) is 48.9 Å². The highest BCUT2D eigenvalue weighted by atomic mass is 16.3. The Kier molecular flexibility index (Phi) is 3.95.